The quantitative estimate of drug-likeness (QED) is 0.0243. The van der Waals surface area contributed by atoms with Crippen LogP contribution < -0.4 is 5.32 Å². The molecule has 0 fully saturated rings. The van der Waals surface area contributed by atoms with E-state index in [1.165, 1.54) is 148 Å². The van der Waals surface area contributed by atoms with E-state index in [0.717, 1.165) is 103 Å². The van der Waals surface area contributed by atoms with Crippen LogP contribution in [-0.2, 0) is 18.4 Å². The first kappa shape index (κ1) is 76.9. The van der Waals surface area contributed by atoms with Crippen molar-refractivity contribution < 1.29 is 32.9 Å². The summed E-state index contributed by atoms with van der Waals surface area (Å²) in [6.45, 7) is 4.67. The molecule has 0 aromatic heterocycles. The second-order valence-electron chi connectivity index (χ2n) is 23.1. The van der Waals surface area contributed by atoms with Crippen LogP contribution in [0, 0.1) is 0 Å². The van der Waals surface area contributed by atoms with Crippen LogP contribution in [0.3, 0.4) is 0 Å². The Bertz CT molecular complexity index is 1720. The van der Waals surface area contributed by atoms with E-state index in [4.69, 9.17) is 9.05 Å². The van der Waals surface area contributed by atoms with Crippen LogP contribution >= 0.6 is 7.82 Å². The van der Waals surface area contributed by atoms with Gasteiger partial charge in [-0.1, -0.05) is 289 Å². The predicted molar refractivity (Wildman–Crippen MR) is 350 cm³/mol. The van der Waals surface area contributed by atoms with Crippen molar-refractivity contribution in [3.63, 3.8) is 0 Å². The number of phosphoric ester groups is 1. The van der Waals surface area contributed by atoms with Crippen LogP contribution in [0.4, 0.5) is 0 Å². The van der Waals surface area contributed by atoms with Crippen molar-refractivity contribution in [1.29, 1.82) is 0 Å². The third-order valence-corrected chi connectivity index (χ3v) is 15.1. The maximum atomic E-state index is 13.0. The van der Waals surface area contributed by atoms with E-state index in [0.29, 0.717) is 17.4 Å². The molecule has 0 rings (SSSR count). The minimum absolute atomic E-state index is 0.0441. The summed E-state index contributed by atoms with van der Waals surface area (Å²) in [5.74, 6) is -0.214. The lowest BCUT2D eigenvalue weighted by Crippen LogP contribution is -2.45. The van der Waals surface area contributed by atoms with Crippen LogP contribution in [-0.4, -0.2) is 73.4 Å². The molecule has 3 atom stereocenters. The van der Waals surface area contributed by atoms with Gasteiger partial charge in [-0.25, -0.2) is 4.57 Å². The van der Waals surface area contributed by atoms with Crippen LogP contribution in [0.1, 0.15) is 271 Å². The maximum absolute atomic E-state index is 13.0. The summed E-state index contributed by atoms with van der Waals surface area (Å²) >= 11 is 0. The van der Waals surface area contributed by atoms with Crippen LogP contribution in [0.5, 0.6) is 0 Å². The standard InChI is InChI=1S/C71H125N2O6P/c1-6-8-10-12-14-16-18-20-22-24-26-28-30-32-34-36-38-40-42-44-46-48-50-52-54-56-58-60-62-64-70(74)69(68-79-80(76,77)78-67-66-73(3,4)5)72-71(75)65-63-61-59-57-55-53-51-49-47-45-43-41-39-37-35-33-31-29-27-25-23-21-19-17-15-13-11-9-7-2/h9,11,15,17,21,23,27,29,33,35,39,41,45,47,51,53-54,56,62,64,69-70,74H,6-8,10,12-14,16,18-20,22,24-26,28,30-32,34,36-38,40,42-44,46,48-50,52,55,57-61,63,65-68H2,1-5H3,(H-,72,75,76,77)/p+1/b11-9-,17-15-,23-21-,29-27-,35-33-,41-39-,47-45-,53-51-,56-54+,64-62+. The lowest BCUT2D eigenvalue weighted by Gasteiger charge is -2.25. The normalized spacial score (nSPS) is 14.5. The summed E-state index contributed by atoms with van der Waals surface area (Å²) in [5, 5.41) is 13.9. The highest BCUT2D eigenvalue weighted by Gasteiger charge is 2.27. The monoisotopic (exact) mass is 1130 g/mol. The first-order valence-electron chi connectivity index (χ1n) is 32.9. The SMILES string of the molecule is CC/C=C\C/C=C\C/C=C\C/C=C\C/C=C\C/C=C\C/C=C\C/C=C\CCCCCCC(=O)NC(COP(=O)(O)OCC[N+](C)(C)C)C(O)/C=C/CC/C=C/CCCCCCCCCCCCCCCCCCCCCCCCC. The summed E-state index contributed by atoms with van der Waals surface area (Å²) in [6, 6.07) is -0.889. The molecule has 0 aliphatic heterocycles. The molecule has 460 valence electrons. The molecule has 0 saturated carbocycles. The minimum Gasteiger partial charge on any atom is -0.387 e. The molecular formula is C71H126N2O6P+. The fourth-order valence-corrected chi connectivity index (χ4v) is 9.81. The van der Waals surface area contributed by atoms with E-state index in [-0.39, 0.29) is 19.1 Å². The molecule has 0 bridgehead atoms. The van der Waals surface area contributed by atoms with Gasteiger partial charge in [0.15, 0.2) is 0 Å². The molecule has 0 aliphatic rings. The van der Waals surface area contributed by atoms with Crippen molar-refractivity contribution in [2.45, 2.75) is 283 Å². The third-order valence-electron chi connectivity index (χ3n) is 14.2. The number of rotatable bonds is 59. The van der Waals surface area contributed by atoms with Gasteiger partial charge in [-0.15, -0.1) is 0 Å². The van der Waals surface area contributed by atoms with Gasteiger partial charge in [-0.2, -0.15) is 0 Å². The molecule has 3 unspecified atom stereocenters. The molecule has 0 aliphatic carbocycles. The minimum atomic E-state index is -4.38. The number of likely N-dealkylation sites (N-methyl/N-ethyl adjacent to an activating group) is 1. The number of hydrogen-bond donors (Lipinski definition) is 3. The van der Waals surface area contributed by atoms with Gasteiger partial charge in [0.1, 0.15) is 13.2 Å². The number of nitrogens with one attached hydrogen (secondary N) is 1. The van der Waals surface area contributed by atoms with Gasteiger partial charge in [0.05, 0.1) is 39.9 Å². The topological polar surface area (TPSA) is 105 Å². The summed E-state index contributed by atoms with van der Waals surface area (Å²) in [5.41, 5.74) is 0. The molecule has 0 spiro atoms. The number of hydrogen-bond acceptors (Lipinski definition) is 5. The number of quaternary nitrogens is 1. The summed E-state index contributed by atoms with van der Waals surface area (Å²) in [7, 11) is 1.52. The lowest BCUT2D eigenvalue weighted by atomic mass is 10.0. The van der Waals surface area contributed by atoms with Gasteiger partial charge >= 0.3 is 7.82 Å². The average Bonchev–Trinajstić information content (AvgIpc) is 3.42. The van der Waals surface area contributed by atoms with Gasteiger partial charge in [0.2, 0.25) is 5.91 Å². The molecule has 1 amide bonds. The van der Waals surface area contributed by atoms with Gasteiger partial charge < -0.3 is 19.8 Å². The predicted octanol–water partition coefficient (Wildman–Crippen LogP) is 20.9. The molecular weight excluding hydrogens is 1010 g/mol. The Morgan fingerprint density at radius 2 is 0.762 bits per heavy atom. The molecule has 0 aromatic rings. The fourth-order valence-electron chi connectivity index (χ4n) is 9.07. The van der Waals surface area contributed by atoms with Crippen molar-refractivity contribution >= 4 is 13.7 Å². The first-order valence-corrected chi connectivity index (χ1v) is 34.4. The molecule has 0 saturated heterocycles. The molecule has 0 heterocycles. The Morgan fingerprint density at radius 3 is 1.15 bits per heavy atom. The molecule has 9 heteroatoms. The molecule has 0 radical (unpaired) electrons. The van der Waals surface area contributed by atoms with E-state index in [1.807, 2.05) is 27.2 Å². The van der Waals surface area contributed by atoms with E-state index < -0.39 is 20.0 Å². The summed E-state index contributed by atoms with van der Waals surface area (Å²) in [4.78, 5) is 23.4. The van der Waals surface area contributed by atoms with E-state index in [2.05, 4.69) is 129 Å². The van der Waals surface area contributed by atoms with Crippen molar-refractivity contribution in [3.8, 4) is 0 Å². The molecule has 8 nitrogen and oxygen atoms in total. The number of nitrogens with zero attached hydrogens (tertiary/aromatic N) is 1. The smallest absolute Gasteiger partial charge is 0.387 e. The Hall–Kier alpha value is -3.10. The van der Waals surface area contributed by atoms with Crippen LogP contribution in [0.25, 0.3) is 0 Å². The van der Waals surface area contributed by atoms with Gasteiger partial charge in [0.25, 0.3) is 0 Å². The molecule has 0 aromatic carbocycles. The van der Waals surface area contributed by atoms with Crippen molar-refractivity contribution in [1.82, 2.24) is 5.32 Å². The number of phosphoric acid groups is 1. The fraction of sp³-hybridized carbons (Fsp3) is 0.704. The number of aliphatic hydroxyl groups is 1. The van der Waals surface area contributed by atoms with E-state index in [1.54, 1.807) is 6.08 Å². The highest BCUT2D eigenvalue weighted by atomic mass is 31.2. The first-order chi connectivity index (χ1) is 39.0. The Morgan fingerprint density at radius 1 is 0.438 bits per heavy atom. The van der Waals surface area contributed by atoms with Crippen LogP contribution in [0.15, 0.2) is 122 Å². The zero-order chi connectivity index (χ0) is 58.4. The number of amides is 1. The Kier molecular flexibility index (Phi) is 58.1. The second-order valence-corrected chi connectivity index (χ2v) is 24.6. The van der Waals surface area contributed by atoms with E-state index >= 15 is 0 Å². The summed E-state index contributed by atoms with van der Waals surface area (Å²) < 4.78 is 23.7. The summed E-state index contributed by atoms with van der Waals surface area (Å²) in [6.07, 6.45) is 90.5. The highest BCUT2D eigenvalue weighted by molar-refractivity contribution is 7.47. The second kappa shape index (κ2) is 60.5. The molecule has 80 heavy (non-hydrogen) atoms. The average molecular weight is 1130 g/mol. The number of unbranched alkanes of at least 4 members (excludes halogenated alkanes) is 28. The maximum Gasteiger partial charge on any atom is 0.472 e. The Labute approximate surface area is 494 Å². The Balaban J connectivity index is 4.27. The van der Waals surface area contributed by atoms with Crippen molar-refractivity contribution in [3.05, 3.63) is 122 Å². The number of carbonyl (C=O) groups excluding carboxylic acids is 1. The lowest BCUT2D eigenvalue weighted by molar-refractivity contribution is -0.870. The van der Waals surface area contributed by atoms with Gasteiger partial charge in [-0.05, 0) is 96.3 Å². The van der Waals surface area contributed by atoms with E-state index in [9.17, 15) is 19.4 Å². The van der Waals surface area contributed by atoms with Gasteiger partial charge in [0, 0.05) is 6.42 Å². The molecule has 3 N–H and O–H groups in total. The van der Waals surface area contributed by atoms with Crippen molar-refractivity contribution in [2.75, 3.05) is 40.9 Å². The van der Waals surface area contributed by atoms with Gasteiger partial charge in [-0.3, -0.25) is 13.8 Å². The van der Waals surface area contributed by atoms with Crippen molar-refractivity contribution in [2.24, 2.45) is 0 Å². The third kappa shape index (κ3) is 62.5. The largest absolute Gasteiger partial charge is 0.472 e. The van der Waals surface area contributed by atoms with Crippen LogP contribution in [0.2, 0.25) is 0 Å². The number of aliphatic hydroxyl groups excluding tert-OH is 1. The number of allylic oxidation sites excluding steroid dienone is 19. The zero-order valence-electron chi connectivity index (χ0n) is 52.5. The number of carbonyl (C=O) groups is 1. The zero-order valence-corrected chi connectivity index (χ0v) is 53.4. The highest BCUT2D eigenvalue weighted by Crippen LogP contribution is 2.43.